The lowest BCUT2D eigenvalue weighted by Gasteiger charge is -2.57. The SMILES string of the molecule is CSC1=CC(F)=C(Br)C(F)=C2CCC[C@@H]3C4=C5CC[C@@H]3N(C(=O)OC(C)(C)C)N5CN=C4N12. The summed E-state index contributed by atoms with van der Waals surface area (Å²) < 4.78 is 35.7. The molecule has 0 aromatic heterocycles. The molecule has 0 unspecified atom stereocenters. The fourth-order valence-corrected chi connectivity index (χ4v) is 6.37. The van der Waals surface area contributed by atoms with Gasteiger partial charge < -0.3 is 4.74 Å². The van der Waals surface area contributed by atoms with Crippen molar-refractivity contribution in [1.29, 1.82) is 0 Å². The van der Waals surface area contributed by atoms with E-state index in [1.165, 1.54) is 17.8 Å². The predicted octanol–water partition coefficient (Wildman–Crippen LogP) is 6.32. The van der Waals surface area contributed by atoms with Crippen molar-refractivity contribution in [2.45, 2.75) is 64.5 Å². The molecule has 10 heteroatoms. The van der Waals surface area contributed by atoms with Gasteiger partial charge in [0.2, 0.25) is 0 Å². The fraction of sp³-hybridized carbons (Fsp3) is 0.565. The third kappa shape index (κ3) is 3.64. The molecular weight excluding hydrogens is 514 g/mol. The number of carbonyl (C=O) groups is 1. The zero-order valence-electron chi connectivity index (χ0n) is 19.1. The number of amides is 1. The first-order valence-electron chi connectivity index (χ1n) is 11.2. The average molecular weight is 541 g/mol. The van der Waals surface area contributed by atoms with Crippen molar-refractivity contribution in [2.24, 2.45) is 10.9 Å². The van der Waals surface area contributed by atoms with E-state index >= 15 is 4.39 Å². The van der Waals surface area contributed by atoms with Crippen molar-refractivity contribution in [3.05, 3.63) is 44.2 Å². The number of hydrazine groups is 1. The summed E-state index contributed by atoms with van der Waals surface area (Å²) in [6, 6.07) is -0.0384. The quantitative estimate of drug-likeness (QED) is 0.389. The van der Waals surface area contributed by atoms with E-state index in [-0.39, 0.29) is 29.2 Å². The van der Waals surface area contributed by atoms with Gasteiger partial charge in [-0.2, -0.15) is 0 Å². The van der Waals surface area contributed by atoms with E-state index in [0.717, 1.165) is 37.0 Å². The van der Waals surface area contributed by atoms with Crippen LogP contribution in [0.3, 0.4) is 0 Å². The van der Waals surface area contributed by atoms with Crippen LogP contribution in [0.4, 0.5) is 13.6 Å². The predicted molar refractivity (Wildman–Crippen MR) is 128 cm³/mol. The smallest absolute Gasteiger partial charge is 0.429 e. The highest BCUT2D eigenvalue weighted by atomic mass is 79.9. The monoisotopic (exact) mass is 540 g/mol. The van der Waals surface area contributed by atoms with Crippen LogP contribution in [-0.2, 0) is 4.74 Å². The van der Waals surface area contributed by atoms with E-state index in [2.05, 4.69) is 15.9 Å². The Morgan fingerprint density at radius 2 is 2.00 bits per heavy atom. The number of rotatable bonds is 1. The molecule has 2 fully saturated rings. The summed E-state index contributed by atoms with van der Waals surface area (Å²) in [5, 5.41) is 4.27. The van der Waals surface area contributed by atoms with Crippen LogP contribution in [0, 0.1) is 5.92 Å². The molecule has 33 heavy (non-hydrogen) atoms. The molecular formula is C23H27BrF2N4O2S. The van der Waals surface area contributed by atoms with Gasteiger partial charge >= 0.3 is 6.09 Å². The van der Waals surface area contributed by atoms with Crippen molar-refractivity contribution in [3.63, 3.8) is 0 Å². The van der Waals surface area contributed by atoms with Crippen LogP contribution in [0.5, 0.6) is 0 Å². The second kappa shape index (κ2) is 8.15. The maximum atomic E-state index is 15.4. The first kappa shape index (κ1) is 23.0. The third-order valence-corrected chi connectivity index (χ3v) is 8.08. The summed E-state index contributed by atoms with van der Waals surface area (Å²) in [6.45, 7) is 5.83. The van der Waals surface area contributed by atoms with E-state index in [0.29, 0.717) is 23.0 Å². The second-order valence-corrected chi connectivity index (χ2v) is 11.4. The molecule has 1 amide bonds. The number of hydrogen-bond donors (Lipinski definition) is 0. The molecule has 5 aliphatic heterocycles. The standard InChI is InChI=1S/C23H27BrF2N4O2S/c1-23(2,3)32-22(31)30-14-8-9-15-18-12(14)6-5-7-16-20(26)19(24)13(25)10-17(33-4)29(16)21(18)27-11-28(15)30/h10,12,14H,5-9,11H2,1-4H3/t12-,14-/m0/s1. The molecule has 0 spiro atoms. The number of fused-ring (bicyclic) bond motifs is 3. The summed E-state index contributed by atoms with van der Waals surface area (Å²) in [7, 11) is 0. The molecule has 6 aliphatic rings. The molecule has 0 saturated carbocycles. The topological polar surface area (TPSA) is 48.4 Å². The van der Waals surface area contributed by atoms with E-state index in [1.807, 2.05) is 32.0 Å². The van der Waals surface area contributed by atoms with Gasteiger partial charge in [-0.3, -0.25) is 9.91 Å². The van der Waals surface area contributed by atoms with Crippen LogP contribution in [0.15, 0.2) is 49.2 Å². The molecule has 178 valence electrons. The Hall–Kier alpha value is -1.81. The average Bonchev–Trinajstić information content (AvgIpc) is 2.82. The van der Waals surface area contributed by atoms with Crippen molar-refractivity contribution >= 4 is 39.6 Å². The summed E-state index contributed by atoms with van der Waals surface area (Å²) in [5.41, 5.74) is 1.93. The highest BCUT2D eigenvalue weighted by Gasteiger charge is 2.52. The molecule has 0 radical (unpaired) electrons. The van der Waals surface area contributed by atoms with Crippen LogP contribution in [0.1, 0.15) is 52.9 Å². The molecule has 1 aliphatic carbocycles. The normalized spacial score (nSPS) is 27.2. The number of thioether (sulfide) groups is 1. The minimum atomic E-state index is -0.635. The molecule has 6 rings (SSSR count). The van der Waals surface area contributed by atoms with Crippen molar-refractivity contribution < 1.29 is 18.3 Å². The fourth-order valence-electron chi connectivity index (χ4n) is 5.43. The maximum absolute atomic E-state index is 15.4. The lowest BCUT2D eigenvalue weighted by Crippen LogP contribution is -2.64. The summed E-state index contributed by atoms with van der Waals surface area (Å²) in [6.07, 6.45) is 6.51. The number of carbonyl (C=O) groups excluding carboxylic acids is 1. The number of aliphatic imine (C=N–C) groups is 1. The van der Waals surface area contributed by atoms with E-state index in [1.54, 1.807) is 9.91 Å². The Labute approximate surface area is 205 Å². The van der Waals surface area contributed by atoms with Crippen molar-refractivity contribution in [1.82, 2.24) is 14.9 Å². The molecule has 0 aromatic rings. The van der Waals surface area contributed by atoms with Gasteiger partial charge in [-0.25, -0.2) is 23.6 Å². The number of amidine groups is 1. The van der Waals surface area contributed by atoms with E-state index in [4.69, 9.17) is 9.73 Å². The Bertz CT molecular complexity index is 1070. The maximum Gasteiger partial charge on any atom is 0.429 e. The van der Waals surface area contributed by atoms with Gasteiger partial charge in [0.25, 0.3) is 0 Å². The highest BCUT2D eigenvalue weighted by molar-refractivity contribution is 9.12. The summed E-state index contributed by atoms with van der Waals surface area (Å²) in [5.74, 6) is -0.461. The number of allylic oxidation sites excluding steroid dienone is 6. The zero-order valence-corrected chi connectivity index (χ0v) is 21.5. The molecule has 0 aromatic carbocycles. The van der Waals surface area contributed by atoms with E-state index < -0.39 is 17.3 Å². The second-order valence-electron chi connectivity index (χ2n) is 9.76. The van der Waals surface area contributed by atoms with Crippen LogP contribution in [-0.4, -0.2) is 51.4 Å². The molecule has 2 saturated heterocycles. The number of hydrogen-bond acceptors (Lipinski definition) is 6. The van der Waals surface area contributed by atoms with Crippen LogP contribution in [0.25, 0.3) is 0 Å². The Morgan fingerprint density at radius 1 is 1.24 bits per heavy atom. The Morgan fingerprint density at radius 3 is 2.70 bits per heavy atom. The van der Waals surface area contributed by atoms with Gasteiger partial charge in [0.15, 0.2) is 5.83 Å². The molecule has 2 atom stereocenters. The zero-order chi connectivity index (χ0) is 23.7. The number of nitrogens with zero attached hydrogens (tertiary/aromatic N) is 4. The minimum absolute atomic E-state index is 0.0384. The molecule has 5 heterocycles. The third-order valence-electron chi connectivity index (χ3n) is 6.63. The number of halogens is 3. The molecule has 6 nitrogen and oxygen atoms in total. The molecule has 4 bridgehead atoms. The van der Waals surface area contributed by atoms with E-state index in [9.17, 15) is 9.18 Å². The highest BCUT2D eigenvalue weighted by Crippen LogP contribution is 2.51. The van der Waals surface area contributed by atoms with Gasteiger partial charge in [0.05, 0.1) is 21.3 Å². The molecule has 0 N–H and O–H groups in total. The largest absolute Gasteiger partial charge is 0.442 e. The van der Waals surface area contributed by atoms with Gasteiger partial charge in [-0.1, -0.05) is 0 Å². The first-order valence-corrected chi connectivity index (χ1v) is 13.2. The van der Waals surface area contributed by atoms with Crippen molar-refractivity contribution in [3.8, 4) is 0 Å². The summed E-state index contributed by atoms with van der Waals surface area (Å²) in [4.78, 5) is 19.8. The van der Waals surface area contributed by atoms with Gasteiger partial charge in [-0.15, -0.1) is 11.8 Å². The van der Waals surface area contributed by atoms with Gasteiger partial charge in [0, 0.05) is 23.3 Å². The lowest BCUT2D eigenvalue weighted by atomic mass is 9.74. The van der Waals surface area contributed by atoms with Crippen LogP contribution >= 0.6 is 27.7 Å². The Kier molecular flexibility index (Phi) is 5.67. The van der Waals surface area contributed by atoms with Crippen molar-refractivity contribution in [2.75, 3.05) is 12.9 Å². The number of ether oxygens (including phenoxy) is 1. The minimum Gasteiger partial charge on any atom is -0.442 e. The first-order chi connectivity index (χ1) is 15.6. The summed E-state index contributed by atoms with van der Waals surface area (Å²) >= 11 is 4.47. The van der Waals surface area contributed by atoms with Crippen LogP contribution in [0.2, 0.25) is 0 Å². The Balaban J connectivity index is 1.62. The lowest BCUT2D eigenvalue weighted by molar-refractivity contribution is -0.0951. The van der Waals surface area contributed by atoms with Gasteiger partial charge in [-0.05, 0) is 75.1 Å². The van der Waals surface area contributed by atoms with Gasteiger partial charge in [0.1, 0.15) is 23.9 Å². The van der Waals surface area contributed by atoms with Crippen LogP contribution < -0.4 is 0 Å².